The van der Waals surface area contributed by atoms with Gasteiger partial charge in [-0.15, -0.1) is 0 Å². The van der Waals surface area contributed by atoms with Gasteiger partial charge in [-0.25, -0.2) is 15.0 Å². The van der Waals surface area contributed by atoms with Gasteiger partial charge in [-0.05, 0) is 107 Å². The highest BCUT2D eigenvalue weighted by Gasteiger charge is 2.19. The molecule has 10 aromatic rings. The van der Waals surface area contributed by atoms with E-state index in [1.165, 1.54) is 10.9 Å². The minimum absolute atomic E-state index is 0.0269. The summed E-state index contributed by atoms with van der Waals surface area (Å²) in [5.41, 5.74) is 9.19. The maximum absolute atomic E-state index is 6.65. The predicted molar refractivity (Wildman–Crippen MR) is 192 cm³/mol. The van der Waals surface area contributed by atoms with Gasteiger partial charge in [0.25, 0.3) is 0 Å². The first kappa shape index (κ1) is 26.2. The van der Waals surface area contributed by atoms with E-state index in [2.05, 4.69) is 108 Å². The first-order valence-corrected chi connectivity index (χ1v) is 16.0. The van der Waals surface area contributed by atoms with Crippen LogP contribution in [0.1, 0.15) is 26.3 Å². The average Bonchev–Trinajstić information content (AvgIpc) is 3.68. The number of hydrogen-bond donors (Lipinski definition) is 0. The second-order valence-corrected chi connectivity index (χ2v) is 13.4. The highest BCUT2D eigenvalue weighted by atomic mass is 16.5. The van der Waals surface area contributed by atoms with Crippen LogP contribution in [0.15, 0.2) is 121 Å². The van der Waals surface area contributed by atoms with Crippen molar-refractivity contribution in [3.63, 3.8) is 0 Å². The Kier molecular flexibility index (Phi) is 5.17. The number of aromatic nitrogens is 5. The smallest absolute Gasteiger partial charge is 0.147 e. The van der Waals surface area contributed by atoms with E-state index < -0.39 is 0 Å². The van der Waals surface area contributed by atoms with Gasteiger partial charge in [-0.3, -0.25) is 8.80 Å². The van der Waals surface area contributed by atoms with Crippen molar-refractivity contribution in [2.75, 3.05) is 0 Å². The van der Waals surface area contributed by atoms with Gasteiger partial charge in [-0.1, -0.05) is 51.1 Å². The SMILES string of the molecule is CC(C)(C)c1ccc2c(c1)c1ccc(Oc3ccc4c5cccnc5n5c6ccccc6nc5c4c3)cc1c1nc3ccccc3n21. The predicted octanol–water partition coefficient (Wildman–Crippen LogP) is 10.4. The fourth-order valence-corrected chi connectivity index (χ4v) is 7.22. The van der Waals surface area contributed by atoms with Gasteiger partial charge in [0.1, 0.15) is 28.4 Å². The number of nitrogens with zero attached hydrogens (tertiary/aromatic N) is 5. The molecule has 0 aliphatic carbocycles. The molecule has 5 heterocycles. The van der Waals surface area contributed by atoms with Crippen LogP contribution in [0.2, 0.25) is 0 Å². The van der Waals surface area contributed by atoms with Crippen LogP contribution in [-0.2, 0) is 5.41 Å². The molecule has 0 amide bonds. The Labute approximate surface area is 269 Å². The average molecular weight is 608 g/mol. The van der Waals surface area contributed by atoms with Crippen LogP contribution in [0.25, 0.3) is 76.8 Å². The standard InChI is InChI=1S/C41H29N5O/c1-41(2,3)24-14-19-35-30(21-24)28-18-16-26(23-32(28)39-43-33-10-4-6-12-36(33)45(35)39)47-25-15-17-27-29-9-8-20-42-38(29)46-37-13-7-5-11-34(37)44-40(46)31(27)22-25/h4-23H,1-3H3. The number of benzene rings is 5. The molecule has 47 heavy (non-hydrogen) atoms. The number of hydrogen-bond acceptors (Lipinski definition) is 4. The van der Waals surface area contributed by atoms with Gasteiger partial charge in [0.15, 0.2) is 0 Å². The second-order valence-electron chi connectivity index (χ2n) is 13.4. The molecule has 10 rings (SSSR count). The van der Waals surface area contributed by atoms with Crippen LogP contribution in [0, 0.1) is 0 Å². The molecule has 6 heteroatoms. The van der Waals surface area contributed by atoms with Crippen LogP contribution in [0.3, 0.4) is 0 Å². The summed E-state index contributed by atoms with van der Waals surface area (Å²) in [6, 6.07) is 40.1. The largest absolute Gasteiger partial charge is 0.457 e. The van der Waals surface area contributed by atoms with Gasteiger partial charge in [-0.2, -0.15) is 0 Å². The van der Waals surface area contributed by atoms with Gasteiger partial charge in [0.05, 0.1) is 27.6 Å². The third-order valence-electron chi connectivity index (χ3n) is 9.50. The van der Waals surface area contributed by atoms with E-state index in [9.17, 15) is 0 Å². The lowest BCUT2D eigenvalue weighted by atomic mass is 9.86. The minimum atomic E-state index is 0.0269. The lowest BCUT2D eigenvalue weighted by Crippen LogP contribution is -2.10. The number of para-hydroxylation sites is 4. The molecule has 0 atom stereocenters. The van der Waals surface area contributed by atoms with Crippen molar-refractivity contribution in [3.05, 3.63) is 127 Å². The van der Waals surface area contributed by atoms with Crippen LogP contribution in [0.5, 0.6) is 11.5 Å². The zero-order valence-corrected chi connectivity index (χ0v) is 26.2. The summed E-state index contributed by atoms with van der Waals surface area (Å²) in [4.78, 5) is 14.9. The summed E-state index contributed by atoms with van der Waals surface area (Å²) in [6.45, 7) is 6.78. The van der Waals surface area contributed by atoms with Crippen molar-refractivity contribution in [1.82, 2.24) is 23.8 Å². The summed E-state index contributed by atoms with van der Waals surface area (Å²) in [7, 11) is 0. The molecule has 0 spiro atoms. The van der Waals surface area contributed by atoms with E-state index in [1.54, 1.807) is 0 Å². The maximum Gasteiger partial charge on any atom is 0.147 e. The molecule has 0 bridgehead atoms. The molecule has 0 aliphatic rings. The Morgan fingerprint density at radius 1 is 0.489 bits per heavy atom. The fourth-order valence-electron chi connectivity index (χ4n) is 7.22. The molecule has 0 saturated carbocycles. The number of pyridine rings is 3. The lowest BCUT2D eigenvalue weighted by molar-refractivity contribution is 0.484. The fraction of sp³-hybridized carbons (Fsp3) is 0.0976. The van der Waals surface area contributed by atoms with Crippen LogP contribution >= 0.6 is 0 Å². The summed E-state index contributed by atoms with van der Waals surface area (Å²) in [5, 5.41) is 6.60. The molecule has 5 aromatic heterocycles. The van der Waals surface area contributed by atoms with Crippen LogP contribution < -0.4 is 4.74 Å². The molecule has 0 N–H and O–H groups in total. The summed E-state index contributed by atoms with van der Waals surface area (Å²) in [5.74, 6) is 1.50. The van der Waals surface area contributed by atoms with E-state index in [1.807, 2.05) is 42.6 Å². The molecule has 0 unspecified atom stereocenters. The van der Waals surface area contributed by atoms with Gasteiger partial charge in [0, 0.05) is 27.7 Å². The van der Waals surface area contributed by atoms with Gasteiger partial charge < -0.3 is 4.74 Å². The number of imidazole rings is 2. The van der Waals surface area contributed by atoms with E-state index in [4.69, 9.17) is 19.7 Å². The first-order valence-electron chi connectivity index (χ1n) is 16.0. The van der Waals surface area contributed by atoms with Crippen molar-refractivity contribution >= 4 is 76.8 Å². The Hall–Kier alpha value is -6.01. The van der Waals surface area contributed by atoms with Crippen molar-refractivity contribution in [1.29, 1.82) is 0 Å². The Morgan fingerprint density at radius 3 is 1.79 bits per heavy atom. The first-order chi connectivity index (χ1) is 22.9. The van der Waals surface area contributed by atoms with Gasteiger partial charge >= 0.3 is 0 Å². The number of rotatable bonds is 2. The third-order valence-corrected chi connectivity index (χ3v) is 9.50. The Balaban J connectivity index is 1.20. The molecular formula is C41H29N5O. The highest BCUT2D eigenvalue weighted by Crippen LogP contribution is 2.39. The zero-order chi connectivity index (χ0) is 31.4. The van der Waals surface area contributed by atoms with Crippen molar-refractivity contribution < 1.29 is 4.74 Å². The zero-order valence-electron chi connectivity index (χ0n) is 26.2. The van der Waals surface area contributed by atoms with E-state index in [0.29, 0.717) is 0 Å². The topological polar surface area (TPSA) is 56.7 Å². The molecule has 0 aliphatic heterocycles. The minimum Gasteiger partial charge on any atom is -0.457 e. The highest BCUT2D eigenvalue weighted by molar-refractivity contribution is 6.15. The molecule has 5 aromatic carbocycles. The normalized spacial score (nSPS) is 12.6. The number of fused-ring (bicyclic) bond motifs is 16. The number of ether oxygens (including phenoxy) is 1. The molecular weight excluding hydrogens is 578 g/mol. The van der Waals surface area contributed by atoms with E-state index >= 15 is 0 Å². The van der Waals surface area contributed by atoms with Crippen LogP contribution in [0.4, 0.5) is 0 Å². The van der Waals surface area contributed by atoms with Crippen molar-refractivity contribution in [2.24, 2.45) is 0 Å². The maximum atomic E-state index is 6.65. The lowest BCUT2D eigenvalue weighted by Gasteiger charge is -2.20. The summed E-state index contributed by atoms with van der Waals surface area (Å²) < 4.78 is 11.1. The van der Waals surface area contributed by atoms with Crippen molar-refractivity contribution in [2.45, 2.75) is 26.2 Å². The summed E-state index contributed by atoms with van der Waals surface area (Å²) >= 11 is 0. The molecule has 0 saturated heterocycles. The van der Waals surface area contributed by atoms with Crippen molar-refractivity contribution in [3.8, 4) is 11.5 Å². The molecule has 224 valence electrons. The van der Waals surface area contributed by atoms with E-state index in [-0.39, 0.29) is 5.41 Å². The summed E-state index contributed by atoms with van der Waals surface area (Å²) in [6.07, 6.45) is 1.84. The third kappa shape index (κ3) is 3.75. The molecule has 0 fully saturated rings. The second kappa shape index (κ2) is 9.27. The Bertz CT molecular complexity index is 2930. The monoisotopic (exact) mass is 607 g/mol. The molecule has 0 radical (unpaired) electrons. The van der Waals surface area contributed by atoms with Gasteiger partial charge in [0.2, 0.25) is 0 Å². The Morgan fingerprint density at radius 2 is 1.11 bits per heavy atom. The van der Waals surface area contributed by atoms with E-state index in [0.717, 1.165) is 83.0 Å². The van der Waals surface area contributed by atoms with Crippen LogP contribution in [-0.4, -0.2) is 23.8 Å². The molecule has 6 nitrogen and oxygen atoms in total. The quantitative estimate of drug-likeness (QED) is 0.184.